The number of halogens is 2. The maximum Gasteiger partial charge on any atom is 0.0664 e. The smallest absolute Gasteiger partial charge is 0.0664 e. The quantitative estimate of drug-likeness (QED) is 0.429. The van der Waals surface area contributed by atoms with Crippen LogP contribution in [0.5, 0.6) is 0 Å². The molecule has 3 N–H and O–H groups in total. The molecule has 5 heteroatoms. The fraction of sp³-hybridized carbons (Fsp3) is 0.278. The zero-order chi connectivity index (χ0) is 17.3. The van der Waals surface area contributed by atoms with Gasteiger partial charge in [-0.3, -0.25) is 5.10 Å². The van der Waals surface area contributed by atoms with E-state index in [1.54, 1.807) is 0 Å². The van der Waals surface area contributed by atoms with Crippen molar-refractivity contribution in [2.75, 3.05) is 5.73 Å². The van der Waals surface area contributed by atoms with Crippen molar-refractivity contribution in [1.29, 1.82) is 0 Å². The third-order valence-electron chi connectivity index (χ3n) is 4.24. The molecule has 3 aromatic rings. The van der Waals surface area contributed by atoms with Gasteiger partial charge in [-0.05, 0) is 90.5 Å². The van der Waals surface area contributed by atoms with Gasteiger partial charge in [0.2, 0.25) is 0 Å². The number of aromatic amines is 1. The fourth-order valence-electron chi connectivity index (χ4n) is 2.31. The molecular weight excluding hydrogens is 418 g/mol. The van der Waals surface area contributed by atoms with Crippen LogP contribution < -0.4 is 5.73 Å². The van der Waals surface area contributed by atoms with Gasteiger partial charge in [0.15, 0.2) is 0 Å². The minimum absolute atomic E-state index is 0.861. The number of aromatic nitrogens is 2. The Kier molecular flexibility index (Phi) is 5.53. The zero-order valence-corrected chi connectivity index (χ0v) is 17.2. The summed E-state index contributed by atoms with van der Waals surface area (Å²) in [6.45, 7) is 10.4. The Morgan fingerprint density at radius 2 is 1.43 bits per heavy atom. The van der Waals surface area contributed by atoms with Crippen LogP contribution in [0.25, 0.3) is 10.9 Å². The van der Waals surface area contributed by atoms with Gasteiger partial charge < -0.3 is 5.73 Å². The van der Waals surface area contributed by atoms with Crippen molar-refractivity contribution in [1.82, 2.24) is 10.2 Å². The fourth-order valence-corrected chi connectivity index (χ4v) is 3.48. The summed E-state index contributed by atoms with van der Waals surface area (Å²) in [5.74, 6) is 0. The number of aryl methyl sites for hydroxylation is 2. The van der Waals surface area contributed by atoms with Crippen LogP contribution in [0.2, 0.25) is 0 Å². The molecule has 0 spiro atoms. The van der Waals surface area contributed by atoms with Gasteiger partial charge in [0, 0.05) is 20.0 Å². The first kappa shape index (κ1) is 18.0. The van der Waals surface area contributed by atoms with E-state index in [9.17, 15) is 0 Å². The molecule has 23 heavy (non-hydrogen) atoms. The second kappa shape index (κ2) is 7.05. The lowest BCUT2D eigenvalue weighted by molar-refractivity contribution is 1.12. The molecule has 0 bridgehead atoms. The standard InChI is InChI=1S/C9H9BrN2.C9H12BrN/c1-5-3-8-7(4-11-12-8)9(10)6(5)2;1-5-4-8(11)7(3)9(10)6(5)2/h3-4H,1-2H3,(H,11,12);4H,11H2,1-3H3. The van der Waals surface area contributed by atoms with Gasteiger partial charge in [0.1, 0.15) is 0 Å². The van der Waals surface area contributed by atoms with Gasteiger partial charge in [0.25, 0.3) is 0 Å². The second-order valence-electron chi connectivity index (χ2n) is 5.81. The van der Waals surface area contributed by atoms with E-state index >= 15 is 0 Å². The lowest BCUT2D eigenvalue weighted by Crippen LogP contribution is -1.94. The van der Waals surface area contributed by atoms with Crippen LogP contribution in [0.4, 0.5) is 5.69 Å². The molecule has 0 saturated carbocycles. The number of hydrogen-bond acceptors (Lipinski definition) is 2. The van der Waals surface area contributed by atoms with Crippen molar-refractivity contribution in [3.8, 4) is 0 Å². The lowest BCUT2D eigenvalue weighted by Gasteiger charge is -2.08. The predicted molar refractivity (Wildman–Crippen MR) is 106 cm³/mol. The Morgan fingerprint density at radius 1 is 0.870 bits per heavy atom. The van der Waals surface area contributed by atoms with Gasteiger partial charge in [-0.25, -0.2) is 0 Å². The molecule has 0 amide bonds. The number of nitrogen functional groups attached to an aromatic ring is 1. The number of benzene rings is 2. The van der Waals surface area contributed by atoms with Crippen LogP contribution in [-0.4, -0.2) is 10.2 Å². The molecule has 0 unspecified atom stereocenters. The number of nitrogens with zero attached hydrogens (tertiary/aromatic N) is 1. The van der Waals surface area contributed by atoms with E-state index in [0.29, 0.717) is 0 Å². The normalized spacial score (nSPS) is 10.6. The number of H-pyrrole nitrogens is 1. The molecule has 0 atom stereocenters. The SMILES string of the molecule is Cc1cc(N)c(C)c(Br)c1C.Cc1cc2[nH]ncc2c(Br)c1C. The van der Waals surface area contributed by atoms with Gasteiger partial charge in [-0.15, -0.1) is 0 Å². The number of hydrogen-bond donors (Lipinski definition) is 2. The van der Waals surface area contributed by atoms with E-state index in [0.717, 1.165) is 31.1 Å². The lowest BCUT2D eigenvalue weighted by atomic mass is 10.1. The molecule has 0 saturated heterocycles. The highest BCUT2D eigenvalue weighted by atomic mass is 79.9. The average Bonchev–Trinajstić information content (AvgIpc) is 2.98. The molecule has 2 aromatic carbocycles. The summed E-state index contributed by atoms with van der Waals surface area (Å²) in [5.41, 5.74) is 13.9. The molecule has 0 aliphatic heterocycles. The average molecular weight is 439 g/mol. The van der Waals surface area contributed by atoms with Crippen LogP contribution in [0.3, 0.4) is 0 Å². The summed E-state index contributed by atoms with van der Waals surface area (Å²) in [4.78, 5) is 0. The van der Waals surface area contributed by atoms with E-state index in [2.05, 4.69) is 75.8 Å². The van der Waals surface area contributed by atoms with Crippen LogP contribution >= 0.6 is 31.9 Å². The summed E-state index contributed by atoms with van der Waals surface area (Å²) < 4.78 is 2.28. The third-order valence-corrected chi connectivity index (χ3v) is 6.45. The van der Waals surface area contributed by atoms with E-state index in [1.165, 1.54) is 22.3 Å². The molecule has 3 nitrogen and oxygen atoms in total. The molecule has 1 heterocycles. The maximum atomic E-state index is 5.76. The van der Waals surface area contributed by atoms with Crippen molar-refractivity contribution >= 4 is 48.5 Å². The van der Waals surface area contributed by atoms with Gasteiger partial charge in [-0.1, -0.05) is 15.9 Å². The number of anilines is 1. The summed E-state index contributed by atoms with van der Waals surface area (Å²) >= 11 is 7.05. The summed E-state index contributed by atoms with van der Waals surface area (Å²) in [7, 11) is 0. The Labute approximate surface area is 153 Å². The minimum atomic E-state index is 0.861. The number of nitrogens with one attached hydrogen (secondary N) is 1. The van der Waals surface area contributed by atoms with Crippen molar-refractivity contribution in [3.63, 3.8) is 0 Å². The monoisotopic (exact) mass is 437 g/mol. The zero-order valence-electron chi connectivity index (χ0n) is 14.0. The summed E-state index contributed by atoms with van der Waals surface area (Å²) in [6, 6.07) is 4.12. The van der Waals surface area contributed by atoms with Crippen molar-refractivity contribution in [2.24, 2.45) is 0 Å². The van der Waals surface area contributed by atoms with E-state index in [-0.39, 0.29) is 0 Å². The molecule has 0 aliphatic carbocycles. The van der Waals surface area contributed by atoms with Crippen LogP contribution in [0.1, 0.15) is 27.8 Å². The van der Waals surface area contributed by atoms with Gasteiger partial charge in [-0.2, -0.15) is 5.10 Å². The number of fused-ring (bicyclic) bond motifs is 1. The molecule has 0 radical (unpaired) electrons. The number of nitrogens with two attached hydrogens (primary N) is 1. The highest BCUT2D eigenvalue weighted by molar-refractivity contribution is 9.11. The maximum absolute atomic E-state index is 5.76. The predicted octanol–water partition coefficient (Wildman–Crippen LogP) is 5.90. The Bertz CT molecular complexity index is 840. The molecule has 122 valence electrons. The van der Waals surface area contributed by atoms with Crippen LogP contribution in [-0.2, 0) is 0 Å². The van der Waals surface area contributed by atoms with Crippen molar-refractivity contribution < 1.29 is 0 Å². The molecule has 0 aliphatic rings. The van der Waals surface area contributed by atoms with E-state index in [1.807, 2.05) is 19.2 Å². The Balaban J connectivity index is 0.000000168. The first-order valence-electron chi connectivity index (χ1n) is 7.34. The minimum Gasteiger partial charge on any atom is -0.398 e. The van der Waals surface area contributed by atoms with Crippen LogP contribution in [0, 0.1) is 34.6 Å². The molecule has 1 aromatic heterocycles. The number of rotatable bonds is 0. The van der Waals surface area contributed by atoms with E-state index in [4.69, 9.17) is 5.73 Å². The molecular formula is C18H21Br2N3. The third kappa shape index (κ3) is 3.61. The highest BCUT2D eigenvalue weighted by Crippen LogP contribution is 2.29. The van der Waals surface area contributed by atoms with Gasteiger partial charge >= 0.3 is 0 Å². The summed E-state index contributed by atoms with van der Waals surface area (Å²) in [5, 5.41) is 8.09. The van der Waals surface area contributed by atoms with E-state index < -0.39 is 0 Å². The second-order valence-corrected chi connectivity index (χ2v) is 7.40. The molecule has 0 fully saturated rings. The van der Waals surface area contributed by atoms with Gasteiger partial charge in [0.05, 0.1) is 11.7 Å². The first-order valence-corrected chi connectivity index (χ1v) is 8.93. The van der Waals surface area contributed by atoms with Crippen LogP contribution in [0.15, 0.2) is 27.3 Å². The highest BCUT2D eigenvalue weighted by Gasteiger charge is 2.06. The first-order chi connectivity index (χ1) is 10.7. The summed E-state index contributed by atoms with van der Waals surface area (Å²) in [6.07, 6.45) is 1.84. The molecule has 3 rings (SSSR count). The largest absolute Gasteiger partial charge is 0.398 e. The van der Waals surface area contributed by atoms with Crippen molar-refractivity contribution in [3.05, 3.63) is 55.1 Å². The topological polar surface area (TPSA) is 54.7 Å². The van der Waals surface area contributed by atoms with Crippen molar-refractivity contribution in [2.45, 2.75) is 34.6 Å². The Hall–Kier alpha value is -1.33. The Morgan fingerprint density at radius 3 is 2.09 bits per heavy atom.